The van der Waals surface area contributed by atoms with E-state index in [4.69, 9.17) is 4.74 Å². The van der Waals surface area contributed by atoms with E-state index in [-0.39, 0.29) is 12.0 Å². The monoisotopic (exact) mass is 525 g/mol. The fourth-order valence-corrected chi connectivity index (χ4v) is 5.74. The van der Waals surface area contributed by atoms with E-state index in [9.17, 15) is 9.70 Å². The van der Waals surface area contributed by atoms with Gasteiger partial charge < -0.3 is 4.74 Å². The van der Waals surface area contributed by atoms with Crippen LogP contribution in [0.15, 0.2) is 59.8 Å². The predicted octanol–water partition coefficient (Wildman–Crippen LogP) is 5.82. The lowest BCUT2D eigenvalue weighted by atomic mass is 9.78. The Balaban J connectivity index is 1.54. The molecule has 4 aromatic rings. The van der Waals surface area contributed by atoms with Gasteiger partial charge >= 0.3 is 0 Å². The van der Waals surface area contributed by atoms with E-state index in [1.165, 1.54) is 16.7 Å². The zero-order valence-electron chi connectivity index (χ0n) is 23.2. The third-order valence-electron chi connectivity index (χ3n) is 8.10. The van der Waals surface area contributed by atoms with Gasteiger partial charge in [-0.05, 0) is 60.2 Å². The molecule has 1 amide bonds. The number of para-hydroxylation sites is 1. The van der Waals surface area contributed by atoms with Gasteiger partial charge in [-0.3, -0.25) is 9.69 Å². The summed E-state index contributed by atoms with van der Waals surface area (Å²) in [5.74, 6) is -0.680. The molecular weight excluding hydrogens is 490 g/mol. The summed E-state index contributed by atoms with van der Waals surface area (Å²) in [5.41, 5.74) is 8.13. The van der Waals surface area contributed by atoms with E-state index in [2.05, 4.69) is 64.6 Å². The Morgan fingerprint density at radius 3 is 2.72 bits per heavy atom. The van der Waals surface area contributed by atoms with Crippen LogP contribution >= 0.6 is 0 Å². The Bertz CT molecular complexity index is 1530. The summed E-state index contributed by atoms with van der Waals surface area (Å²) in [4.78, 5) is 26.4. The maximum atomic E-state index is 12.6. The van der Waals surface area contributed by atoms with Crippen molar-refractivity contribution in [2.75, 3.05) is 6.54 Å². The molecule has 1 aliphatic rings. The van der Waals surface area contributed by atoms with Crippen LogP contribution in [0.5, 0.6) is 5.75 Å². The molecule has 202 valence electrons. The van der Waals surface area contributed by atoms with Crippen molar-refractivity contribution >= 4 is 16.9 Å². The zero-order chi connectivity index (χ0) is 27.7. The molecule has 0 N–H and O–H groups in total. The van der Waals surface area contributed by atoms with Gasteiger partial charge in [-0.25, -0.2) is 4.68 Å². The standard InChI is InChI=1S/C31H35N5O3/c1-6-25-18-36(16-23-9-7-8-10-28(23)39-25)17-24-15-22(12-11-19(24)2)29(21(4)31(37)33-38)26-13-14-27-30(20(26)3)32-34-35(27)5/h7-15,21,25,29H,6,16-18H2,1-5H3/t21?,25?,29-/m1/s1. The van der Waals surface area contributed by atoms with Gasteiger partial charge in [-0.15, -0.1) is 10.0 Å². The van der Waals surface area contributed by atoms with E-state index >= 15 is 0 Å². The van der Waals surface area contributed by atoms with Crippen molar-refractivity contribution in [2.24, 2.45) is 18.1 Å². The minimum Gasteiger partial charge on any atom is -0.489 e. The van der Waals surface area contributed by atoms with Gasteiger partial charge in [0.15, 0.2) is 0 Å². The lowest BCUT2D eigenvalue weighted by Crippen LogP contribution is -2.32. The summed E-state index contributed by atoms with van der Waals surface area (Å²) in [6.45, 7) is 10.4. The van der Waals surface area contributed by atoms with Crippen LogP contribution in [0.2, 0.25) is 0 Å². The topological polar surface area (TPSA) is 89.7 Å². The van der Waals surface area contributed by atoms with E-state index in [0.717, 1.165) is 59.5 Å². The van der Waals surface area contributed by atoms with Crippen LogP contribution in [-0.4, -0.2) is 38.4 Å². The SMILES string of the molecule is CCC1CN(Cc2cc([C@H](c3ccc4c(nnn4C)c3C)C(C)C(=O)N=O)ccc2C)Cc2ccccc2O1. The number of rotatable bonds is 7. The van der Waals surface area contributed by atoms with Crippen molar-refractivity contribution in [3.63, 3.8) is 0 Å². The van der Waals surface area contributed by atoms with E-state index < -0.39 is 11.8 Å². The average molecular weight is 526 g/mol. The summed E-state index contributed by atoms with van der Waals surface area (Å²) in [6, 6.07) is 18.6. The number of benzene rings is 3. The Morgan fingerprint density at radius 2 is 1.95 bits per heavy atom. The number of aromatic nitrogens is 3. The summed E-state index contributed by atoms with van der Waals surface area (Å²) >= 11 is 0. The number of hydrogen-bond donors (Lipinski definition) is 0. The molecule has 0 saturated heterocycles. The molecule has 0 fully saturated rings. The van der Waals surface area contributed by atoms with Gasteiger partial charge in [0, 0.05) is 43.3 Å². The molecule has 0 saturated carbocycles. The van der Waals surface area contributed by atoms with Crippen LogP contribution in [0.1, 0.15) is 59.6 Å². The van der Waals surface area contributed by atoms with Crippen LogP contribution in [0, 0.1) is 24.7 Å². The van der Waals surface area contributed by atoms with Crippen LogP contribution < -0.4 is 4.74 Å². The number of aryl methyl sites for hydroxylation is 3. The molecule has 0 spiro atoms. The smallest absolute Gasteiger partial charge is 0.290 e. The molecule has 2 heterocycles. The number of nitrogens with zero attached hydrogens (tertiary/aromatic N) is 5. The van der Waals surface area contributed by atoms with Crippen molar-refractivity contribution in [3.05, 3.63) is 92.9 Å². The van der Waals surface area contributed by atoms with Crippen LogP contribution in [0.25, 0.3) is 11.0 Å². The molecule has 2 unspecified atom stereocenters. The average Bonchev–Trinajstić information content (AvgIpc) is 3.22. The fraction of sp³-hybridized carbons (Fsp3) is 0.387. The number of carbonyl (C=O) groups excluding carboxylic acids is 1. The number of amides is 1. The van der Waals surface area contributed by atoms with Gasteiger partial charge in [0.25, 0.3) is 5.91 Å². The van der Waals surface area contributed by atoms with Gasteiger partial charge in [0.2, 0.25) is 0 Å². The minimum absolute atomic E-state index is 0.113. The lowest BCUT2D eigenvalue weighted by Gasteiger charge is -2.27. The first-order valence-corrected chi connectivity index (χ1v) is 13.5. The zero-order valence-corrected chi connectivity index (χ0v) is 23.2. The second kappa shape index (κ2) is 11.1. The van der Waals surface area contributed by atoms with E-state index in [0.29, 0.717) is 0 Å². The minimum atomic E-state index is -0.659. The molecule has 5 rings (SSSR count). The molecule has 0 aliphatic carbocycles. The summed E-state index contributed by atoms with van der Waals surface area (Å²) in [5, 5.41) is 11.3. The Hall–Kier alpha value is -3.91. The van der Waals surface area contributed by atoms with Crippen molar-refractivity contribution in [1.29, 1.82) is 0 Å². The molecule has 0 bridgehead atoms. The maximum absolute atomic E-state index is 12.6. The molecule has 0 radical (unpaired) electrons. The highest BCUT2D eigenvalue weighted by atomic mass is 16.5. The Morgan fingerprint density at radius 1 is 1.15 bits per heavy atom. The highest BCUT2D eigenvalue weighted by Gasteiger charge is 2.31. The third-order valence-corrected chi connectivity index (χ3v) is 8.10. The van der Waals surface area contributed by atoms with Gasteiger partial charge in [-0.2, -0.15) is 0 Å². The quantitative estimate of drug-likeness (QED) is 0.283. The maximum Gasteiger partial charge on any atom is 0.290 e. The van der Waals surface area contributed by atoms with E-state index in [1.807, 2.05) is 38.2 Å². The second-order valence-electron chi connectivity index (χ2n) is 10.7. The first-order valence-electron chi connectivity index (χ1n) is 13.5. The van der Waals surface area contributed by atoms with Crippen molar-refractivity contribution in [2.45, 2.75) is 59.2 Å². The highest BCUT2D eigenvalue weighted by Crippen LogP contribution is 2.38. The van der Waals surface area contributed by atoms with Crippen molar-refractivity contribution in [1.82, 2.24) is 19.9 Å². The fourth-order valence-electron chi connectivity index (χ4n) is 5.74. The summed E-state index contributed by atoms with van der Waals surface area (Å²) in [7, 11) is 1.86. The highest BCUT2D eigenvalue weighted by molar-refractivity contribution is 5.83. The first kappa shape index (κ1) is 26.7. The van der Waals surface area contributed by atoms with Crippen LogP contribution in [-0.2, 0) is 24.9 Å². The Labute approximate surface area is 228 Å². The third kappa shape index (κ3) is 5.21. The molecule has 8 heteroatoms. The summed E-state index contributed by atoms with van der Waals surface area (Å²) in [6.07, 6.45) is 1.04. The van der Waals surface area contributed by atoms with Gasteiger partial charge in [0.1, 0.15) is 17.4 Å². The molecule has 8 nitrogen and oxygen atoms in total. The molecule has 39 heavy (non-hydrogen) atoms. The molecule has 3 atom stereocenters. The number of fused-ring (bicyclic) bond motifs is 2. The van der Waals surface area contributed by atoms with Gasteiger partial charge in [-0.1, -0.05) is 61.5 Å². The molecular formula is C31H35N5O3. The number of ether oxygens (including phenoxy) is 1. The van der Waals surface area contributed by atoms with Crippen LogP contribution in [0.4, 0.5) is 0 Å². The summed E-state index contributed by atoms with van der Waals surface area (Å²) < 4.78 is 8.05. The predicted molar refractivity (Wildman–Crippen MR) is 151 cm³/mol. The van der Waals surface area contributed by atoms with E-state index in [1.54, 1.807) is 11.6 Å². The largest absolute Gasteiger partial charge is 0.489 e. The normalized spacial score (nSPS) is 17.2. The Kier molecular flexibility index (Phi) is 7.57. The first-order chi connectivity index (χ1) is 18.8. The van der Waals surface area contributed by atoms with Crippen LogP contribution in [0.3, 0.4) is 0 Å². The molecule has 1 aliphatic heterocycles. The van der Waals surface area contributed by atoms with Crippen molar-refractivity contribution in [3.8, 4) is 5.75 Å². The number of carbonyl (C=O) groups is 1. The second-order valence-corrected chi connectivity index (χ2v) is 10.7. The number of hydrogen-bond acceptors (Lipinski definition) is 6. The van der Waals surface area contributed by atoms with Gasteiger partial charge in [0.05, 0.1) is 11.4 Å². The van der Waals surface area contributed by atoms with Crippen molar-refractivity contribution < 1.29 is 9.53 Å². The molecule has 3 aromatic carbocycles. The lowest BCUT2D eigenvalue weighted by molar-refractivity contribution is -0.121. The molecule has 1 aromatic heterocycles. The number of nitroso groups, excluding NO2 is 1.